The number of ether oxygens (including phenoxy) is 1. The molecule has 0 aliphatic carbocycles. The summed E-state index contributed by atoms with van der Waals surface area (Å²) in [5.41, 5.74) is 3.83. The van der Waals surface area contributed by atoms with Crippen molar-refractivity contribution in [2.75, 3.05) is 59.7 Å². The SMILES string of the molecule is OCCSNc1ccc2c(c1)N1CCC(CC1)OC/C=C\CC1CCN(CC1)c1cc(ccn1)-c1nnc-2o1. The molecule has 0 saturated carbocycles. The molecule has 9 nitrogen and oxygen atoms in total. The third kappa shape index (κ3) is 6.23. The Morgan fingerprint density at radius 2 is 1.77 bits per heavy atom. The van der Waals surface area contributed by atoms with Crippen LogP contribution in [0.25, 0.3) is 22.9 Å². The van der Waals surface area contributed by atoms with Crippen LogP contribution in [0.4, 0.5) is 17.2 Å². The molecule has 2 saturated heterocycles. The molecule has 206 valence electrons. The number of hydrogen-bond donors (Lipinski definition) is 2. The van der Waals surface area contributed by atoms with Crippen molar-refractivity contribution in [2.45, 2.75) is 38.2 Å². The van der Waals surface area contributed by atoms with Crippen LogP contribution in [0.5, 0.6) is 0 Å². The number of nitrogens with one attached hydrogen (secondary N) is 1. The van der Waals surface area contributed by atoms with Gasteiger partial charge in [0.25, 0.3) is 0 Å². The highest BCUT2D eigenvalue weighted by Gasteiger charge is 2.25. The molecule has 0 unspecified atom stereocenters. The van der Waals surface area contributed by atoms with Crippen LogP contribution in [0.2, 0.25) is 0 Å². The zero-order chi connectivity index (χ0) is 26.4. The van der Waals surface area contributed by atoms with Gasteiger partial charge in [-0.05, 0) is 68.4 Å². The second-order valence-corrected chi connectivity index (χ2v) is 11.3. The molecule has 8 bridgehead atoms. The van der Waals surface area contributed by atoms with Gasteiger partial charge in [-0.25, -0.2) is 4.98 Å². The zero-order valence-electron chi connectivity index (χ0n) is 22.2. The molecule has 2 N–H and O–H groups in total. The number of anilines is 3. The number of hydrogen-bond acceptors (Lipinski definition) is 10. The second kappa shape index (κ2) is 12.4. The van der Waals surface area contributed by atoms with E-state index >= 15 is 0 Å². The molecule has 6 aliphatic rings. The van der Waals surface area contributed by atoms with Gasteiger partial charge in [-0.15, -0.1) is 10.2 Å². The summed E-state index contributed by atoms with van der Waals surface area (Å²) in [5.74, 6) is 3.28. The molecule has 2 fully saturated rings. The molecule has 9 rings (SSSR count). The van der Waals surface area contributed by atoms with Gasteiger partial charge in [-0.3, -0.25) is 0 Å². The van der Waals surface area contributed by atoms with Gasteiger partial charge in [0, 0.05) is 49.4 Å². The Morgan fingerprint density at radius 3 is 2.62 bits per heavy atom. The summed E-state index contributed by atoms with van der Waals surface area (Å²) >= 11 is 1.49. The lowest BCUT2D eigenvalue weighted by Crippen LogP contribution is -2.37. The molecule has 10 heteroatoms. The first-order valence-electron chi connectivity index (χ1n) is 14.0. The minimum atomic E-state index is 0.130. The first-order chi connectivity index (χ1) is 19.3. The lowest BCUT2D eigenvalue weighted by Gasteiger charge is -2.34. The van der Waals surface area contributed by atoms with Crippen molar-refractivity contribution in [3.63, 3.8) is 0 Å². The summed E-state index contributed by atoms with van der Waals surface area (Å²) in [6.07, 6.45) is 12.0. The number of pyridine rings is 1. The first kappa shape index (κ1) is 26.2. The van der Waals surface area contributed by atoms with Crippen molar-refractivity contribution < 1.29 is 14.3 Å². The highest BCUT2D eigenvalue weighted by atomic mass is 32.2. The van der Waals surface area contributed by atoms with E-state index in [0.29, 0.717) is 30.1 Å². The van der Waals surface area contributed by atoms with Crippen LogP contribution in [0.1, 0.15) is 32.1 Å². The van der Waals surface area contributed by atoms with E-state index in [2.05, 4.69) is 54.0 Å². The lowest BCUT2D eigenvalue weighted by molar-refractivity contribution is 0.0561. The predicted octanol–water partition coefficient (Wildman–Crippen LogP) is 5.01. The summed E-state index contributed by atoms with van der Waals surface area (Å²) in [6.45, 7) is 4.59. The smallest absolute Gasteiger partial charge is 0.250 e. The summed E-state index contributed by atoms with van der Waals surface area (Å²) in [6, 6.07) is 10.2. The van der Waals surface area contributed by atoms with Crippen molar-refractivity contribution >= 4 is 29.1 Å². The molecule has 0 spiro atoms. The molecule has 1 aromatic carbocycles. The number of aliphatic hydroxyl groups is 1. The topological polar surface area (TPSA) is 99.8 Å². The van der Waals surface area contributed by atoms with Gasteiger partial charge >= 0.3 is 0 Å². The van der Waals surface area contributed by atoms with Crippen LogP contribution in [-0.4, -0.2) is 71.5 Å². The third-order valence-corrected chi connectivity index (χ3v) is 8.58. The minimum absolute atomic E-state index is 0.130. The van der Waals surface area contributed by atoms with Crippen molar-refractivity contribution in [3.8, 4) is 22.9 Å². The summed E-state index contributed by atoms with van der Waals surface area (Å²) in [7, 11) is 0. The third-order valence-electron chi connectivity index (χ3n) is 7.81. The van der Waals surface area contributed by atoms with Gasteiger partial charge in [0.2, 0.25) is 11.8 Å². The van der Waals surface area contributed by atoms with E-state index in [1.54, 1.807) is 0 Å². The Hall–Kier alpha value is -3.08. The average molecular weight is 549 g/mol. The fourth-order valence-electron chi connectivity index (χ4n) is 5.60. The maximum atomic E-state index is 9.17. The van der Waals surface area contributed by atoms with Gasteiger partial charge in [0.15, 0.2) is 0 Å². The van der Waals surface area contributed by atoms with E-state index in [9.17, 15) is 0 Å². The van der Waals surface area contributed by atoms with E-state index < -0.39 is 0 Å². The fraction of sp³-hybridized carbons (Fsp3) is 0.483. The number of aromatic nitrogens is 3. The van der Waals surface area contributed by atoms with Crippen LogP contribution < -0.4 is 14.5 Å². The van der Waals surface area contributed by atoms with E-state index in [1.807, 2.05) is 24.4 Å². The van der Waals surface area contributed by atoms with Crippen molar-refractivity contribution in [2.24, 2.45) is 5.92 Å². The molecule has 0 amide bonds. The van der Waals surface area contributed by atoms with Crippen LogP contribution >= 0.6 is 11.9 Å². The number of benzene rings is 1. The summed E-state index contributed by atoms with van der Waals surface area (Å²) < 4.78 is 15.8. The van der Waals surface area contributed by atoms with E-state index in [1.165, 1.54) is 11.9 Å². The quantitative estimate of drug-likeness (QED) is 0.263. The summed E-state index contributed by atoms with van der Waals surface area (Å²) in [5, 5.41) is 18.1. The molecular weight excluding hydrogens is 512 g/mol. The lowest BCUT2D eigenvalue weighted by atomic mass is 9.93. The number of allylic oxidation sites excluding steroid dienone is 1. The average Bonchev–Trinajstić information content (AvgIpc) is 3.48. The zero-order valence-corrected chi connectivity index (χ0v) is 23.0. The second-order valence-electron chi connectivity index (χ2n) is 10.4. The van der Waals surface area contributed by atoms with E-state index in [0.717, 1.165) is 86.6 Å². The Kier molecular flexibility index (Phi) is 8.32. The largest absolute Gasteiger partial charge is 0.416 e. The number of rotatable bonds is 4. The normalized spacial score (nSPS) is 22.3. The van der Waals surface area contributed by atoms with E-state index in [-0.39, 0.29) is 12.7 Å². The monoisotopic (exact) mass is 548 g/mol. The minimum Gasteiger partial charge on any atom is -0.416 e. The molecule has 2 aromatic heterocycles. The van der Waals surface area contributed by atoms with Crippen LogP contribution in [0.15, 0.2) is 53.1 Å². The molecule has 0 radical (unpaired) electrons. The van der Waals surface area contributed by atoms with Gasteiger partial charge in [-0.1, -0.05) is 24.1 Å². The number of nitrogens with zero attached hydrogens (tertiary/aromatic N) is 5. The Labute approximate surface area is 233 Å². The number of aliphatic hydroxyl groups excluding tert-OH is 1. The maximum Gasteiger partial charge on any atom is 0.250 e. The Morgan fingerprint density at radius 1 is 0.949 bits per heavy atom. The predicted molar refractivity (Wildman–Crippen MR) is 156 cm³/mol. The Bertz CT molecular complexity index is 1270. The fourth-order valence-corrected chi connectivity index (χ4v) is 6.09. The standard InChI is InChI=1S/C29H36N6O3S/c36-16-18-39-33-23-4-5-25-26(20-23)34-14-9-24(10-15-34)37-17-2-1-3-21-7-12-35(13-8-21)27-19-22(6-11-30-27)28-31-32-29(25)38-28/h1-2,4-6,11,19-21,24,33,36H,3,7-10,12-18H2/b2-1-. The van der Waals surface area contributed by atoms with Gasteiger partial charge < -0.3 is 28.8 Å². The molecule has 0 atom stereocenters. The van der Waals surface area contributed by atoms with Crippen molar-refractivity contribution in [1.29, 1.82) is 0 Å². The number of piperidine rings is 2. The van der Waals surface area contributed by atoms with Crippen LogP contribution in [0, 0.1) is 5.92 Å². The van der Waals surface area contributed by atoms with Gasteiger partial charge in [0.1, 0.15) is 5.82 Å². The van der Waals surface area contributed by atoms with Crippen molar-refractivity contribution in [1.82, 2.24) is 15.2 Å². The van der Waals surface area contributed by atoms with Gasteiger partial charge in [-0.2, -0.15) is 0 Å². The molecule has 39 heavy (non-hydrogen) atoms. The molecular formula is C29H36N6O3S. The highest BCUT2D eigenvalue weighted by molar-refractivity contribution is 8.00. The van der Waals surface area contributed by atoms with Crippen LogP contribution in [0.3, 0.4) is 0 Å². The molecule has 8 heterocycles. The van der Waals surface area contributed by atoms with Gasteiger partial charge in [0.05, 0.1) is 30.6 Å². The summed E-state index contributed by atoms with van der Waals surface area (Å²) in [4.78, 5) is 9.39. The molecule has 3 aromatic rings. The van der Waals surface area contributed by atoms with Crippen molar-refractivity contribution in [3.05, 3.63) is 48.7 Å². The Balaban J connectivity index is 1.33. The molecule has 6 aliphatic heterocycles. The first-order valence-corrected chi connectivity index (χ1v) is 14.9. The van der Waals surface area contributed by atoms with E-state index in [4.69, 9.17) is 14.3 Å². The van der Waals surface area contributed by atoms with Crippen LogP contribution in [-0.2, 0) is 4.74 Å². The highest BCUT2D eigenvalue weighted by Crippen LogP contribution is 2.37. The maximum absolute atomic E-state index is 9.17.